The molecule has 0 saturated carbocycles. The Kier molecular flexibility index (Phi) is 3.86. The molecule has 1 aliphatic heterocycles. The number of fused-ring (bicyclic) bond motifs is 3. The standard InChI is InChI=1S/C25H17ClN2/c1-16-20-9-5-6-10-22(20)28-24(16)23(17-7-3-2-4-8-17)21(15-27)25(28)18-11-13-19(26)14-12-18/h2-14,16H,1H3. The molecule has 3 heteroatoms. The molecule has 4 aromatic rings. The largest absolute Gasteiger partial charge is 0.311 e. The first-order valence-electron chi connectivity index (χ1n) is 9.30. The predicted molar refractivity (Wildman–Crippen MR) is 114 cm³/mol. The van der Waals surface area contributed by atoms with Crippen LogP contribution in [0.15, 0.2) is 78.9 Å². The summed E-state index contributed by atoms with van der Waals surface area (Å²) < 4.78 is 2.27. The van der Waals surface area contributed by atoms with Crippen LogP contribution in [0.4, 0.5) is 0 Å². The second-order valence-corrected chi connectivity index (χ2v) is 7.52. The lowest BCUT2D eigenvalue weighted by Gasteiger charge is -2.10. The molecule has 0 spiro atoms. The highest BCUT2D eigenvalue weighted by molar-refractivity contribution is 6.30. The zero-order valence-corrected chi connectivity index (χ0v) is 16.1. The Morgan fingerprint density at radius 3 is 2.25 bits per heavy atom. The summed E-state index contributed by atoms with van der Waals surface area (Å²) in [7, 11) is 0. The van der Waals surface area contributed by atoms with Crippen molar-refractivity contribution in [2.75, 3.05) is 0 Å². The maximum atomic E-state index is 10.2. The van der Waals surface area contributed by atoms with Gasteiger partial charge in [-0.05, 0) is 34.9 Å². The molecule has 0 aliphatic carbocycles. The van der Waals surface area contributed by atoms with E-state index in [1.165, 1.54) is 11.3 Å². The highest BCUT2D eigenvalue weighted by Gasteiger charge is 2.35. The Labute approximate surface area is 169 Å². The topological polar surface area (TPSA) is 28.7 Å². The SMILES string of the molecule is CC1c2ccccc2-n2c(-c3ccc(Cl)cc3)c(C#N)c(-c3ccccc3)c21. The summed E-state index contributed by atoms with van der Waals surface area (Å²) in [6.45, 7) is 2.22. The van der Waals surface area contributed by atoms with Crippen LogP contribution >= 0.6 is 11.6 Å². The van der Waals surface area contributed by atoms with Crippen LogP contribution in [0.5, 0.6) is 0 Å². The third-order valence-corrected chi connectivity index (χ3v) is 5.81. The highest BCUT2D eigenvalue weighted by atomic mass is 35.5. The summed E-state index contributed by atoms with van der Waals surface area (Å²) >= 11 is 6.12. The molecule has 0 N–H and O–H groups in total. The molecule has 0 fully saturated rings. The third-order valence-electron chi connectivity index (χ3n) is 5.55. The lowest BCUT2D eigenvalue weighted by Crippen LogP contribution is -1.96. The maximum absolute atomic E-state index is 10.2. The van der Waals surface area contributed by atoms with Crippen molar-refractivity contribution in [1.29, 1.82) is 5.26 Å². The minimum atomic E-state index is 0.208. The van der Waals surface area contributed by atoms with E-state index in [2.05, 4.69) is 54.0 Å². The van der Waals surface area contributed by atoms with Crippen molar-refractivity contribution in [2.45, 2.75) is 12.8 Å². The lowest BCUT2D eigenvalue weighted by atomic mass is 9.91. The second kappa shape index (κ2) is 6.41. The quantitative estimate of drug-likeness (QED) is 0.376. The van der Waals surface area contributed by atoms with E-state index in [4.69, 9.17) is 11.6 Å². The van der Waals surface area contributed by atoms with Crippen LogP contribution in [0, 0.1) is 11.3 Å². The average Bonchev–Trinajstić information content (AvgIpc) is 3.22. The normalized spacial score (nSPS) is 14.4. The zero-order valence-electron chi connectivity index (χ0n) is 15.4. The van der Waals surface area contributed by atoms with Gasteiger partial charge in [0.2, 0.25) is 0 Å². The molecule has 28 heavy (non-hydrogen) atoms. The minimum Gasteiger partial charge on any atom is -0.311 e. The van der Waals surface area contributed by atoms with Crippen molar-refractivity contribution in [1.82, 2.24) is 4.57 Å². The van der Waals surface area contributed by atoms with Crippen molar-refractivity contribution in [3.05, 3.63) is 101 Å². The van der Waals surface area contributed by atoms with Gasteiger partial charge in [0.25, 0.3) is 0 Å². The molecule has 1 unspecified atom stereocenters. The first-order valence-corrected chi connectivity index (χ1v) is 9.68. The molecule has 134 valence electrons. The number of halogens is 1. The van der Waals surface area contributed by atoms with E-state index in [0.29, 0.717) is 10.6 Å². The zero-order chi connectivity index (χ0) is 19.3. The summed E-state index contributed by atoms with van der Waals surface area (Å²) in [5, 5.41) is 10.9. The van der Waals surface area contributed by atoms with Crippen molar-refractivity contribution in [3.8, 4) is 34.1 Å². The van der Waals surface area contributed by atoms with Gasteiger partial charge in [-0.2, -0.15) is 5.26 Å². The highest BCUT2D eigenvalue weighted by Crippen LogP contribution is 2.49. The van der Waals surface area contributed by atoms with Gasteiger partial charge in [-0.25, -0.2) is 0 Å². The number of hydrogen-bond donors (Lipinski definition) is 0. The smallest absolute Gasteiger partial charge is 0.102 e. The fourth-order valence-corrected chi connectivity index (χ4v) is 4.47. The number of aromatic nitrogens is 1. The van der Waals surface area contributed by atoms with Crippen LogP contribution in [-0.4, -0.2) is 4.57 Å². The van der Waals surface area contributed by atoms with Gasteiger partial charge in [-0.1, -0.05) is 79.2 Å². The van der Waals surface area contributed by atoms with Crippen molar-refractivity contribution >= 4 is 11.6 Å². The van der Waals surface area contributed by atoms with Crippen LogP contribution < -0.4 is 0 Å². The summed E-state index contributed by atoms with van der Waals surface area (Å²) in [5.41, 5.74) is 8.35. The molecule has 2 nitrogen and oxygen atoms in total. The minimum absolute atomic E-state index is 0.208. The van der Waals surface area contributed by atoms with Gasteiger partial charge in [0, 0.05) is 27.9 Å². The first-order chi connectivity index (χ1) is 13.7. The van der Waals surface area contributed by atoms with Crippen molar-refractivity contribution in [3.63, 3.8) is 0 Å². The van der Waals surface area contributed by atoms with E-state index in [1.807, 2.05) is 42.5 Å². The lowest BCUT2D eigenvalue weighted by molar-refractivity contribution is 0.913. The summed E-state index contributed by atoms with van der Waals surface area (Å²) in [5.74, 6) is 0.208. The molecule has 1 aliphatic rings. The van der Waals surface area contributed by atoms with Crippen LogP contribution in [0.3, 0.4) is 0 Å². The molecular formula is C25H17ClN2. The summed E-state index contributed by atoms with van der Waals surface area (Å²) in [6.07, 6.45) is 0. The monoisotopic (exact) mass is 380 g/mol. The first kappa shape index (κ1) is 16.9. The van der Waals surface area contributed by atoms with E-state index in [0.717, 1.165) is 28.1 Å². The van der Waals surface area contributed by atoms with Gasteiger partial charge in [0.05, 0.1) is 11.3 Å². The predicted octanol–water partition coefficient (Wildman–Crippen LogP) is 6.80. The third kappa shape index (κ3) is 2.34. The maximum Gasteiger partial charge on any atom is 0.102 e. The number of hydrogen-bond acceptors (Lipinski definition) is 1. The Hall–Kier alpha value is -3.28. The van der Waals surface area contributed by atoms with E-state index >= 15 is 0 Å². The molecule has 0 radical (unpaired) electrons. The van der Waals surface area contributed by atoms with E-state index in [-0.39, 0.29) is 5.92 Å². The van der Waals surface area contributed by atoms with Crippen LogP contribution in [0.1, 0.15) is 29.7 Å². The molecule has 0 bridgehead atoms. The molecule has 3 aromatic carbocycles. The van der Waals surface area contributed by atoms with Gasteiger partial charge < -0.3 is 4.57 Å². The Morgan fingerprint density at radius 1 is 0.857 bits per heavy atom. The molecule has 1 atom stereocenters. The van der Waals surface area contributed by atoms with Gasteiger partial charge in [-0.3, -0.25) is 0 Å². The van der Waals surface area contributed by atoms with E-state index in [1.54, 1.807) is 0 Å². The van der Waals surface area contributed by atoms with Gasteiger partial charge in [0.1, 0.15) is 6.07 Å². The van der Waals surface area contributed by atoms with Gasteiger partial charge in [0.15, 0.2) is 0 Å². The Morgan fingerprint density at radius 2 is 1.54 bits per heavy atom. The number of benzene rings is 3. The number of nitrogens with zero attached hydrogens (tertiary/aromatic N) is 2. The molecular weight excluding hydrogens is 364 g/mol. The average molecular weight is 381 g/mol. The number of rotatable bonds is 2. The molecule has 1 aromatic heterocycles. The fourth-order valence-electron chi connectivity index (χ4n) is 4.34. The number of para-hydroxylation sites is 1. The van der Waals surface area contributed by atoms with Crippen LogP contribution in [0.2, 0.25) is 5.02 Å². The molecule has 0 amide bonds. The van der Waals surface area contributed by atoms with Crippen LogP contribution in [0.25, 0.3) is 28.1 Å². The van der Waals surface area contributed by atoms with E-state index in [9.17, 15) is 5.26 Å². The second-order valence-electron chi connectivity index (χ2n) is 7.08. The molecule has 5 rings (SSSR count). The van der Waals surface area contributed by atoms with Crippen molar-refractivity contribution in [2.24, 2.45) is 0 Å². The fraction of sp³-hybridized carbons (Fsp3) is 0.0800. The van der Waals surface area contributed by atoms with Crippen LogP contribution in [-0.2, 0) is 0 Å². The summed E-state index contributed by atoms with van der Waals surface area (Å²) in [4.78, 5) is 0. The molecule has 0 saturated heterocycles. The summed E-state index contributed by atoms with van der Waals surface area (Å²) in [6, 6.07) is 28.9. The Balaban J connectivity index is 1.92. The van der Waals surface area contributed by atoms with E-state index < -0.39 is 0 Å². The van der Waals surface area contributed by atoms with Gasteiger partial charge >= 0.3 is 0 Å². The van der Waals surface area contributed by atoms with Gasteiger partial charge in [-0.15, -0.1) is 0 Å². The Bertz CT molecular complexity index is 1230. The molecule has 2 heterocycles. The van der Waals surface area contributed by atoms with Crippen molar-refractivity contribution < 1.29 is 0 Å². The number of nitriles is 1.